The van der Waals surface area contributed by atoms with Crippen LogP contribution >= 0.6 is 0 Å². The van der Waals surface area contributed by atoms with E-state index in [1.807, 2.05) is 12.1 Å². The molecule has 8 aromatic rings. The molecule has 0 N–H and O–H groups in total. The maximum absolute atomic E-state index is 6.17. The van der Waals surface area contributed by atoms with Crippen molar-refractivity contribution in [3.05, 3.63) is 174 Å². The molecule has 9 rings (SSSR count). The number of hydrogen-bond acceptors (Lipinski definition) is 2. The van der Waals surface area contributed by atoms with E-state index in [1.165, 1.54) is 55.8 Å². The van der Waals surface area contributed by atoms with Crippen LogP contribution in [0.15, 0.2) is 162 Å². The summed E-state index contributed by atoms with van der Waals surface area (Å²) in [6.45, 7) is 11.7. The molecular weight excluding hydrogens is 619 g/mol. The number of furan rings is 1. The Labute approximate surface area is 300 Å². The van der Waals surface area contributed by atoms with E-state index in [4.69, 9.17) is 4.42 Å². The van der Waals surface area contributed by atoms with Crippen molar-refractivity contribution in [1.82, 2.24) is 0 Å². The topological polar surface area (TPSA) is 16.4 Å². The van der Waals surface area contributed by atoms with Crippen LogP contribution in [0.1, 0.15) is 51.3 Å². The van der Waals surface area contributed by atoms with Crippen LogP contribution in [0.5, 0.6) is 0 Å². The Morgan fingerprint density at radius 3 is 1.88 bits per heavy atom. The average molecular weight is 660 g/mol. The van der Waals surface area contributed by atoms with Gasteiger partial charge >= 0.3 is 0 Å². The minimum absolute atomic E-state index is 0.0998. The molecule has 0 aliphatic heterocycles. The summed E-state index contributed by atoms with van der Waals surface area (Å²) >= 11 is 0. The van der Waals surface area contributed by atoms with E-state index in [0.717, 1.165) is 33.3 Å². The van der Waals surface area contributed by atoms with Gasteiger partial charge in [0.25, 0.3) is 0 Å². The van der Waals surface area contributed by atoms with Crippen molar-refractivity contribution in [3.63, 3.8) is 0 Å². The van der Waals surface area contributed by atoms with Gasteiger partial charge < -0.3 is 9.32 Å². The highest BCUT2D eigenvalue weighted by molar-refractivity contribution is 6.06. The fourth-order valence-electron chi connectivity index (χ4n) is 8.11. The van der Waals surface area contributed by atoms with Crippen molar-refractivity contribution in [2.45, 2.75) is 45.4 Å². The summed E-state index contributed by atoms with van der Waals surface area (Å²) in [5.74, 6) is 0. The quantitative estimate of drug-likeness (QED) is 0.183. The molecule has 1 aliphatic carbocycles. The zero-order valence-corrected chi connectivity index (χ0v) is 29.9. The van der Waals surface area contributed by atoms with Gasteiger partial charge in [-0.3, -0.25) is 0 Å². The van der Waals surface area contributed by atoms with Gasteiger partial charge in [0.15, 0.2) is 0 Å². The molecule has 0 saturated carbocycles. The highest BCUT2D eigenvalue weighted by atomic mass is 16.3. The van der Waals surface area contributed by atoms with E-state index in [1.54, 1.807) is 0 Å². The second kappa shape index (κ2) is 11.6. The lowest BCUT2D eigenvalue weighted by atomic mass is 9.82. The van der Waals surface area contributed by atoms with Crippen molar-refractivity contribution < 1.29 is 4.42 Å². The summed E-state index contributed by atoms with van der Waals surface area (Å²) in [4.78, 5) is 2.46. The van der Waals surface area contributed by atoms with Gasteiger partial charge in [-0.15, -0.1) is 0 Å². The van der Waals surface area contributed by atoms with Gasteiger partial charge in [-0.2, -0.15) is 0 Å². The van der Waals surface area contributed by atoms with Crippen LogP contribution in [0.25, 0.3) is 55.3 Å². The number of hydrogen-bond donors (Lipinski definition) is 0. The summed E-state index contributed by atoms with van der Waals surface area (Å²) in [5.41, 5.74) is 16.6. The van der Waals surface area contributed by atoms with Crippen LogP contribution in [-0.4, -0.2) is 0 Å². The van der Waals surface area contributed by atoms with Gasteiger partial charge in [0.2, 0.25) is 0 Å². The first kappa shape index (κ1) is 31.1. The standard InChI is InChI=1S/C49H41NO/c1-48(2,3)44-30-35(34-22-28-47-41(29-34)40-16-10-12-18-46(40)51-47)21-27-45(44)50(36-23-19-33(20-24-36)32-13-7-6-8-14-32)37-25-26-39-38-15-9-11-17-42(38)49(4,5)43(39)31-37/h6-31H,1-5H3. The second-order valence-corrected chi connectivity index (χ2v) is 15.4. The second-order valence-electron chi connectivity index (χ2n) is 15.4. The van der Waals surface area contributed by atoms with E-state index in [9.17, 15) is 0 Å². The van der Waals surface area contributed by atoms with Crippen molar-refractivity contribution >= 4 is 39.0 Å². The Morgan fingerprint density at radius 2 is 1.08 bits per heavy atom. The van der Waals surface area contributed by atoms with Gasteiger partial charge in [-0.25, -0.2) is 0 Å². The molecule has 51 heavy (non-hydrogen) atoms. The highest BCUT2D eigenvalue weighted by Crippen LogP contribution is 2.51. The molecule has 0 amide bonds. The molecule has 1 aliphatic rings. The molecule has 1 aromatic heterocycles. The molecular formula is C49H41NO. The molecule has 0 radical (unpaired) electrons. The Bertz CT molecular complexity index is 2580. The molecule has 0 saturated heterocycles. The summed E-state index contributed by atoms with van der Waals surface area (Å²) in [6.07, 6.45) is 0. The normalized spacial score (nSPS) is 13.4. The lowest BCUT2D eigenvalue weighted by Gasteiger charge is -2.33. The number of benzene rings is 7. The van der Waals surface area contributed by atoms with Crippen LogP contribution in [0, 0.1) is 0 Å². The number of rotatable bonds is 5. The van der Waals surface area contributed by atoms with Gasteiger partial charge in [0.05, 0.1) is 0 Å². The van der Waals surface area contributed by atoms with Crippen LogP contribution in [-0.2, 0) is 10.8 Å². The predicted molar refractivity (Wildman–Crippen MR) is 216 cm³/mol. The van der Waals surface area contributed by atoms with Crippen LogP contribution < -0.4 is 4.90 Å². The minimum Gasteiger partial charge on any atom is -0.456 e. The molecule has 2 nitrogen and oxygen atoms in total. The third-order valence-corrected chi connectivity index (χ3v) is 10.8. The first-order valence-corrected chi connectivity index (χ1v) is 17.9. The van der Waals surface area contributed by atoms with E-state index in [-0.39, 0.29) is 10.8 Å². The lowest BCUT2D eigenvalue weighted by molar-refractivity contribution is 0.591. The molecule has 0 unspecified atom stereocenters. The molecule has 7 aromatic carbocycles. The number of anilines is 3. The molecule has 0 bridgehead atoms. The SMILES string of the molecule is CC(C)(C)c1cc(-c2ccc3oc4ccccc4c3c2)ccc1N(c1ccc(-c2ccccc2)cc1)c1ccc2c(c1)C(C)(C)c1ccccc1-2. The average Bonchev–Trinajstić information content (AvgIpc) is 3.63. The van der Waals surface area contributed by atoms with Crippen LogP contribution in [0.2, 0.25) is 0 Å². The molecule has 0 fully saturated rings. The number of para-hydroxylation sites is 1. The number of nitrogens with zero attached hydrogens (tertiary/aromatic N) is 1. The fraction of sp³-hybridized carbons (Fsp3) is 0.143. The molecule has 248 valence electrons. The van der Waals surface area contributed by atoms with Crippen LogP contribution in [0.3, 0.4) is 0 Å². The molecule has 2 heteroatoms. The van der Waals surface area contributed by atoms with Gasteiger partial charge in [0.1, 0.15) is 11.2 Å². The third kappa shape index (κ3) is 5.17. The zero-order valence-electron chi connectivity index (χ0n) is 29.9. The Morgan fingerprint density at radius 1 is 0.471 bits per heavy atom. The zero-order chi connectivity index (χ0) is 34.9. The van der Waals surface area contributed by atoms with Crippen molar-refractivity contribution in [3.8, 4) is 33.4 Å². The van der Waals surface area contributed by atoms with E-state index in [0.29, 0.717) is 0 Å². The summed E-state index contributed by atoms with van der Waals surface area (Å²) < 4.78 is 6.17. The molecule has 1 heterocycles. The summed E-state index contributed by atoms with van der Waals surface area (Å²) in [5, 5.41) is 2.29. The van der Waals surface area contributed by atoms with Crippen molar-refractivity contribution in [2.75, 3.05) is 4.90 Å². The van der Waals surface area contributed by atoms with E-state index < -0.39 is 0 Å². The van der Waals surface area contributed by atoms with Gasteiger partial charge in [-0.05, 0) is 110 Å². The van der Waals surface area contributed by atoms with Crippen molar-refractivity contribution in [1.29, 1.82) is 0 Å². The van der Waals surface area contributed by atoms with Crippen LogP contribution in [0.4, 0.5) is 17.1 Å². The van der Waals surface area contributed by atoms with Gasteiger partial charge in [0, 0.05) is 33.2 Å². The van der Waals surface area contributed by atoms with Gasteiger partial charge in [-0.1, -0.05) is 138 Å². The van der Waals surface area contributed by atoms with Crippen molar-refractivity contribution in [2.24, 2.45) is 0 Å². The minimum atomic E-state index is -0.133. The largest absolute Gasteiger partial charge is 0.456 e. The number of fused-ring (bicyclic) bond motifs is 6. The molecule has 0 atom stereocenters. The Balaban J connectivity index is 1.22. The maximum atomic E-state index is 6.17. The monoisotopic (exact) mass is 659 g/mol. The highest BCUT2D eigenvalue weighted by Gasteiger charge is 2.36. The smallest absolute Gasteiger partial charge is 0.135 e. The Kier molecular flexibility index (Phi) is 7.09. The van der Waals surface area contributed by atoms with E-state index in [2.05, 4.69) is 185 Å². The fourth-order valence-corrected chi connectivity index (χ4v) is 8.11. The Hall–Kier alpha value is -5.86. The van der Waals surface area contributed by atoms with E-state index >= 15 is 0 Å². The maximum Gasteiger partial charge on any atom is 0.135 e. The molecule has 0 spiro atoms. The summed E-state index contributed by atoms with van der Waals surface area (Å²) in [6, 6.07) is 57.5. The first-order chi connectivity index (χ1) is 24.7. The lowest BCUT2D eigenvalue weighted by Crippen LogP contribution is -2.20. The predicted octanol–water partition coefficient (Wildman–Crippen LogP) is 14.0. The first-order valence-electron chi connectivity index (χ1n) is 17.9. The third-order valence-electron chi connectivity index (χ3n) is 10.8. The summed E-state index contributed by atoms with van der Waals surface area (Å²) in [7, 11) is 0.